The molecule has 0 bridgehead atoms. The molecule has 0 saturated carbocycles. The predicted octanol–water partition coefficient (Wildman–Crippen LogP) is 6.25. The van der Waals surface area contributed by atoms with E-state index in [0.717, 1.165) is 28.6 Å². The number of aliphatic carboxylic acids is 1. The van der Waals surface area contributed by atoms with Gasteiger partial charge < -0.3 is 14.6 Å². The first-order chi connectivity index (χ1) is 18.7. The number of imidazole rings is 1. The third kappa shape index (κ3) is 7.34. The molecule has 0 aliphatic heterocycles. The van der Waals surface area contributed by atoms with Gasteiger partial charge in [-0.25, -0.2) is 14.6 Å². The van der Waals surface area contributed by atoms with Crippen molar-refractivity contribution in [1.29, 1.82) is 0 Å². The van der Waals surface area contributed by atoms with Gasteiger partial charge in [-0.1, -0.05) is 80.0 Å². The van der Waals surface area contributed by atoms with Gasteiger partial charge in [0.15, 0.2) is 6.10 Å². The third-order valence-corrected chi connectivity index (χ3v) is 6.62. The van der Waals surface area contributed by atoms with Crippen molar-refractivity contribution < 1.29 is 24.2 Å². The molecule has 4 aromatic rings. The number of para-hydroxylation sites is 2. The van der Waals surface area contributed by atoms with Crippen molar-refractivity contribution in [2.75, 3.05) is 13.2 Å². The number of hydrogen-bond donors (Lipinski definition) is 1. The molecule has 0 spiro atoms. The summed E-state index contributed by atoms with van der Waals surface area (Å²) in [5.74, 6) is -1.69. The number of ether oxygens (including phenoxy) is 2. The van der Waals surface area contributed by atoms with E-state index in [1.54, 1.807) is 20.2 Å². The van der Waals surface area contributed by atoms with Crippen molar-refractivity contribution in [2.45, 2.75) is 32.8 Å². The first-order valence-electron chi connectivity index (χ1n) is 12.7. The molecule has 1 heterocycles. The average molecular weight is 547 g/mol. The summed E-state index contributed by atoms with van der Waals surface area (Å²) in [5.41, 5.74) is 3.17. The van der Waals surface area contributed by atoms with Gasteiger partial charge in [-0.2, -0.15) is 0 Å². The van der Waals surface area contributed by atoms with Crippen molar-refractivity contribution >= 4 is 40.3 Å². The van der Waals surface area contributed by atoms with Crippen molar-refractivity contribution in [1.82, 2.24) is 9.55 Å². The van der Waals surface area contributed by atoms with Crippen LogP contribution in [0.3, 0.4) is 0 Å². The van der Waals surface area contributed by atoms with Gasteiger partial charge in [0, 0.05) is 23.1 Å². The first kappa shape index (κ1) is 28.1. The maximum atomic E-state index is 13.0. The van der Waals surface area contributed by atoms with Gasteiger partial charge >= 0.3 is 11.9 Å². The zero-order chi connectivity index (χ0) is 27.8. The third-order valence-electron chi connectivity index (χ3n) is 6.37. The van der Waals surface area contributed by atoms with Crippen LogP contribution in [0.1, 0.15) is 31.4 Å². The number of halogens is 1. The summed E-state index contributed by atoms with van der Waals surface area (Å²) in [5, 5.41) is 10.5. The normalized spacial score (nSPS) is 12.8. The Balaban J connectivity index is 1.43. The SMILES string of the molecule is CC(C)(COC(=O)/C=C(/c1ccccc1)n1cnc2ccccc21)C(OCCCc1ccc(Cl)cc1)C(=O)O. The summed E-state index contributed by atoms with van der Waals surface area (Å²) < 4.78 is 13.2. The summed E-state index contributed by atoms with van der Waals surface area (Å²) in [6, 6.07) is 24.6. The maximum absolute atomic E-state index is 13.0. The van der Waals surface area contributed by atoms with E-state index in [1.807, 2.05) is 83.4 Å². The highest BCUT2D eigenvalue weighted by molar-refractivity contribution is 6.30. The number of carbonyl (C=O) groups is 2. The van der Waals surface area contributed by atoms with Gasteiger partial charge in [0.25, 0.3) is 0 Å². The Labute approximate surface area is 232 Å². The van der Waals surface area contributed by atoms with Crippen LogP contribution in [0, 0.1) is 5.41 Å². The van der Waals surface area contributed by atoms with Crippen LogP contribution in [0.5, 0.6) is 0 Å². The molecule has 7 nitrogen and oxygen atoms in total. The number of aryl methyl sites for hydroxylation is 1. The number of carbonyl (C=O) groups excluding carboxylic acids is 1. The second-order valence-electron chi connectivity index (χ2n) is 9.91. The van der Waals surface area contributed by atoms with Crippen molar-refractivity contribution in [3.8, 4) is 0 Å². The molecular formula is C31H31ClN2O5. The number of carboxylic acid groups (broad SMARTS) is 1. The Morgan fingerprint density at radius 1 is 1.03 bits per heavy atom. The Morgan fingerprint density at radius 3 is 2.44 bits per heavy atom. The predicted molar refractivity (Wildman–Crippen MR) is 151 cm³/mol. The number of nitrogens with zero attached hydrogens (tertiary/aromatic N) is 2. The van der Waals surface area contributed by atoms with E-state index in [-0.39, 0.29) is 13.2 Å². The van der Waals surface area contributed by atoms with E-state index in [1.165, 1.54) is 6.08 Å². The highest BCUT2D eigenvalue weighted by atomic mass is 35.5. The summed E-state index contributed by atoms with van der Waals surface area (Å²) in [4.78, 5) is 29.5. The monoisotopic (exact) mass is 546 g/mol. The summed E-state index contributed by atoms with van der Waals surface area (Å²) in [7, 11) is 0. The summed E-state index contributed by atoms with van der Waals surface area (Å²) >= 11 is 5.93. The molecule has 0 fully saturated rings. The molecule has 1 N–H and O–H groups in total. The van der Waals surface area contributed by atoms with Crippen LogP contribution >= 0.6 is 11.6 Å². The topological polar surface area (TPSA) is 90.7 Å². The molecule has 1 atom stereocenters. The van der Waals surface area contributed by atoms with E-state index in [9.17, 15) is 14.7 Å². The number of benzene rings is 3. The van der Waals surface area contributed by atoms with Crippen LogP contribution < -0.4 is 0 Å². The minimum Gasteiger partial charge on any atom is -0.479 e. The minimum absolute atomic E-state index is 0.136. The van der Waals surface area contributed by atoms with Gasteiger partial charge in [0.05, 0.1) is 23.3 Å². The summed E-state index contributed by atoms with van der Waals surface area (Å²) in [6.45, 7) is 3.54. The Morgan fingerprint density at radius 2 is 1.72 bits per heavy atom. The number of hydrogen-bond acceptors (Lipinski definition) is 5. The minimum atomic E-state index is -1.15. The van der Waals surface area contributed by atoms with Crippen LogP contribution in [0.15, 0.2) is 91.3 Å². The second-order valence-corrected chi connectivity index (χ2v) is 10.4. The van der Waals surface area contributed by atoms with Gasteiger partial charge in [-0.05, 0) is 48.2 Å². The van der Waals surface area contributed by atoms with E-state index < -0.39 is 23.5 Å². The van der Waals surface area contributed by atoms with Gasteiger partial charge in [-0.15, -0.1) is 0 Å². The number of esters is 1. The Bertz CT molecular complexity index is 1440. The Hall–Kier alpha value is -3.94. The molecule has 1 aromatic heterocycles. The van der Waals surface area contributed by atoms with Crippen molar-refractivity contribution in [3.05, 3.63) is 107 Å². The molecule has 0 saturated heterocycles. The molecular weight excluding hydrogens is 516 g/mol. The van der Waals surface area contributed by atoms with Crippen LogP contribution in [0.2, 0.25) is 5.02 Å². The molecule has 0 amide bonds. The number of fused-ring (bicyclic) bond motifs is 1. The van der Waals surface area contributed by atoms with Crippen LogP contribution in [0.4, 0.5) is 0 Å². The molecule has 1 unspecified atom stereocenters. The fourth-order valence-electron chi connectivity index (χ4n) is 4.30. The van der Waals surface area contributed by atoms with Crippen molar-refractivity contribution in [2.24, 2.45) is 5.41 Å². The van der Waals surface area contributed by atoms with Gasteiger partial charge in [-0.3, -0.25) is 4.57 Å². The highest BCUT2D eigenvalue weighted by Gasteiger charge is 2.37. The lowest BCUT2D eigenvalue weighted by molar-refractivity contribution is -0.166. The Kier molecular flexibility index (Phi) is 9.17. The van der Waals surface area contributed by atoms with Crippen LogP contribution in [-0.2, 0) is 25.5 Å². The number of rotatable bonds is 12. The maximum Gasteiger partial charge on any atom is 0.333 e. The van der Waals surface area contributed by atoms with Gasteiger partial charge in [0.1, 0.15) is 6.33 Å². The average Bonchev–Trinajstić information content (AvgIpc) is 3.35. The van der Waals surface area contributed by atoms with E-state index in [2.05, 4.69) is 4.98 Å². The zero-order valence-corrected chi connectivity index (χ0v) is 22.7. The molecule has 0 radical (unpaired) electrons. The largest absolute Gasteiger partial charge is 0.479 e. The fourth-order valence-corrected chi connectivity index (χ4v) is 4.42. The molecule has 3 aromatic carbocycles. The van der Waals surface area contributed by atoms with Gasteiger partial charge in [0.2, 0.25) is 0 Å². The summed E-state index contributed by atoms with van der Waals surface area (Å²) in [6.07, 6.45) is 3.30. The number of aromatic nitrogens is 2. The zero-order valence-electron chi connectivity index (χ0n) is 21.9. The standard InChI is InChI=1S/C31H31ClN2O5/c1-31(2,29(30(36)37)38-18-8-9-22-14-16-24(32)17-15-22)20-39-28(35)19-27(23-10-4-3-5-11-23)34-21-33-25-12-6-7-13-26(25)34/h3-7,10-17,19,21,29H,8-9,18,20H2,1-2H3,(H,36,37)/b27-19-. The molecule has 8 heteroatoms. The molecule has 39 heavy (non-hydrogen) atoms. The fraction of sp³-hybridized carbons (Fsp3) is 0.258. The lowest BCUT2D eigenvalue weighted by Crippen LogP contribution is -2.42. The lowest BCUT2D eigenvalue weighted by Gasteiger charge is -2.30. The first-order valence-corrected chi connectivity index (χ1v) is 13.1. The smallest absolute Gasteiger partial charge is 0.333 e. The van der Waals surface area contributed by atoms with E-state index >= 15 is 0 Å². The van der Waals surface area contributed by atoms with E-state index in [0.29, 0.717) is 17.1 Å². The molecule has 0 aliphatic rings. The van der Waals surface area contributed by atoms with E-state index in [4.69, 9.17) is 21.1 Å². The highest BCUT2D eigenvalue weighted by Crippen LogP contribution is 2.26. The van der Waals surface area contributed by atoms with Crippen molar-refractivity contribution in [3.63, 3.8) is 0 Å². The molecule has 0 aliphatic carbocycles. The molecule has 4 rings (SSSR count). The molecule has 202 valence electrons. The second kappa shape index (κ2) is 12.7. The number of carboxylic acids is 1. The quantitative estimate of drug-likeness (QED) is 0.128. The van der Waals surface area contributed by atoms with Crippen LogP contribution in [-0.4, -0.2) is 45.9 Å². The lowest BCUT2D eigenvalue weighted by atomic mass is 9.87. The van der Waals surface area contributed by atoms with Crippen LogP contribution in [0.25, 0.3) is 16.7 Å².